The van der Waals surface area contributed by atoms with Gasteiger partial charge in [-0.1, -0.05) is 41.1 Å². The Morgan fingerprint density at radius 3 is 2.75 bits per heavy atom. The van der Waals surface area contributed by atoms with Gasteiger partial charge in [0.1, 0.15) is 11.3 Å². The molecule has 0 amide bonds. The second-order valence-corrected chi connectivity index (χ2v) is 4.51. The van der Waals surface area contributed by atoms with Gasteiger partial charge in [-0.05, 0) is 24.3 Å². The Kier molecular flexibility index (Phi) is 3.35. The van der Waals surface area contributed by atoms with E-state index in [4.69, 9.17) is 16.3 Å². The van der Waals surface area contributed by atoms with Gasteiger partial charge >= 0.3 is 0 Å². The Morgan fingerprint density at radius 2 is 1.90 bits per heavy atom. The molecule has 0 spiro atoms. The van der Waals surface area contributed by atoms with Crippen LogP contribution >= 0.6 is 11.6 Å². The Labute approximate surface area is 119 Å². The molecule has 0 bridgehead atoms. The number of carbonyl (C=O) groups excluding carboxylic acids is 1. The van der Waals surface area contributed by atoms with Gasteiger partial charge in [-0.2, -0.15) is 4.68 Å². The van der Waals surface area contributed by atoms with Crippen LogP contribution in [0.4, 0.5) is 0 Å². The zero-order valence-electron chi connectivity index (χ0n) is 10.4. The van der Waals surface area contributed by atoms with Gasteiger partial charge < -0.3 is 4.74 Å². The maximum Gasteiger partial charge on any atom is 0.286 e. The molecule has 0 aliphatic heterocycles. The topological polar surface area (TPSA) is 57.0 Å². The van der Waals surface area contributed by atoms with Crippen LogP contribution in [0.3, 0.4) is 0 Å². The zero-order chi connectivity index (χ0) is 13.9. The van der Waals surface area contributed by atoms with E-state index in [1.165, 1.54) is 4.68 Å². The number of halogens is 1. The summed E-state index contributed by atoms with van der Waals surface area (Å²) in [6, 6.07) is 14.2. The molecule has 2 aromatic carbocycles. The van der Waals surface area contributed by atoms with Crippen LogP contribution in [0.15, 0.2) is 48.5 Å². The van der Waals surface area contributed by atoms with Crippen LogP contribution in [-0.2, 0) is 0 Å². The smallest absolute Gasteiger partial charge is 0.286 e. The number of carbonyl (C=O) groups is 1. The molecule has 0 atom stereocenters. The van der Waals surface area contributed by atoms with Crippen LogP contribution in [0.2, 0.25) is 5.02 Å². The average Bonchev–Trinajstić information content (AvgIpc) is 2.90. The van der Waals surface area contributed by atoms with E-state index in [2.05, 4.69) is 10.3 Å². The van der Waals surface area contributed by atoms with Gasteiger partial charge in [-0.15, -0.1) is 5.10 Å². The van der Waals surface area contributed by atoms with E-state index in [0.717, 1.165) is 0 Å². The molecule has 1 aromatic heterocycles. The van der Waals surface area contributed by atoms with Crippen molar-refractivity contribution in [3.63, 3.8) is 0 Å². The van der Waals surface area contributed by atoms with E-state index < -0.39 is 0 Å². The number of hydrogen-bond donors (Lipinski definition) is 0. The number of nitrogens with zero attached hydrogens (tertiary/aromatic N) is 3. The fraction of sp³-hybridized carbons (Fsp3) is 0.0714. The van der Waals surface area contributed by atoms with Gasteiger partial charge in [0.15, 0.2) is 6.61 Å². The molecule has 100 valence electrons. The van der Waals surface area contributed by atoms with E-state index in [1.807, 2.05) is 12.1 Å². The molecule has 0 radical (unpaired) electrons. The van der Waals surface area contributed by atoms with E-state index in [9.17, 15) is 4.79 Å². The van der Waals surface area contributed by atoms with Gasteiger partial charge in [0.05, 0.1) is 10.5 Å². The third kappa shape index (κ3) is 2.35. The lowest BCUT2D eigenvalue weighted by Gasteiger charge is -2.06. The lowest BCUT2D eigenvalue weighted by Crippen LogP contribution is -2.20. The molecule has 0 fully saturated rings. The molecule has 0 unspecified atom stereocenters. The molecule has 6 heteroatoms. The number of ether oxygens (including phenoxy) is 1. The summed E-state index contributed by atoms with van der Waals surface area (Å²) in [7, 11) is 0. The van der Waals surface area contributed by atoms with Crippen molar-refractivity contribution in [2.24, 2.45) is 0 Å². The van der Waals surface area contributed by atoms with Gasteiger partial charge in [-0.3, -0.25) is 4.79 Å². The number of benzene rings is 2. The first-order valence-electron chi connectivity index (χ1n) is 5.96. The Hall–Kier alpha value is -2.40. The van der Waals surface area contributed by atoms with E-state index >= 15 is 0 Å². The summed E-state index contributed by atoms with van der Waals surface area (Å²) < 4.78 is 6.63. The first-order chi connectivity index (χ1) is 9.75. The molecule has 0 saturated carbocycles. The number of fused-ring (bicyclic) bond motifs is 1. The normalized spacial score (nSPS) is 10.7. The number of hydrogen-bond acceptors (Lipinski definition) is 4. The van der Waals surface area contributed by atoms with Crippen molar-refractivity contribution in [3.8, 4) is 5.75 Å². The second-order valence-electron chi connectivity index (χ2n) is 4.10. The lowest BCUT2D eigenvalue weighted by atomic mass is 10.3. The molecular weight excluding hydrogens is 278 g/mol. The first kappa shape index (κ1) is 12.6. The van der Waals surface area contributed by atoms with E-state index in [-0.39, 0.29) is 12.5 Å². The highest BCUT2D eigenvalue weighted by Gasteiger charge is 2.12. The maximum atomic E-state index is 12.1. The minimum atomic E-state index is -0.307. The molecule has 3 rings (SSSR count). The van der Waals surface area contributed by atoms with Crippen molar-refractivity contribution in [2.75, 3.05) is 6.61 Å². The van der Waals surface area contributed by atoms with Gasteiger partial charge in [0, 0.05) is 0 Å². The monoisotopic (exact) mass is 287 g/mol. The highest BCUT2D eigenvalue weighted by molar-refractivity contribution is 6.32. The first-order valence-corrected chi connectivity index (χ1v) is 6.34. The van der Waals surface area contributed by atoms with Gasteiger partial charge in [0.2, 0.25) is 0 Å². The summed E-state index contributed by atoms with van der Waals surface area (Å²) in [5.41, 5.74) is 1.32. The van der Waals surface area contributed by atoms with Crippen LogP contribution in [0.1, 0.15) is 4.79 Å². The van der Waals surface area contributed by atoms with Gasteiger partial charge in [0.25, 0.3) is 5.91 Å². The van der Waals surface area contributed by atoms with Crippen LogP contribution in [0.25, 0.3) is 11.0 Å². The molecule has 0 aliphatic rings. The molecule has 0 saturated heterocycles. The maximum absolute atomic E-state index is 12.1. The molecule has 0 N–H and O–H groups in total. The molecule has 1 heterocycles. The highest BCUT2D eigenvalue weighted by atomic mass is 35.5. The third-order valence-electron chi connectivity index (χ3n) is 2.78. The summed E-state index contributed by atoms with van der Waals surface area (Å²) in [4.78, 5) is 12.1. The summed E-state index contributed by atoms with van der Waals surface area (Å²) in [5, 5.41) is 8.22. The van der Waals surface area contributed by atoms with Crippen LogP contribution in [0, 0.1) is 0 Å². The molecule has 5 nitrogen and oxygen atoms in total. The molecular formula is C14H10ClN3O2. The Bertz CT molecular complexity index is 770. The van der Waals surface area contributed by atoms with Crippen molar-refractivity contribution >= 4 is 28.5 Å². The minimum absolute atomic E-state index is 0.156. The van der Waals surface area contributed by atoms with Crippen molar-refractivity contribution in [2.45, 2.75) is 0 Å². The summed E-state index contributed by atoms with van der Waals surface area (Å²) in [6.07, 6.45) is 0. The Balaban J connectivity index is 1.79. The van der Waals surface area contributed by atoms with Gasteiger partial charge in [-0.25, -0.2) is 0 Å². The predicted octanol–water partition coefficient (Wildman–Crippen LogP) is 2.80. The van der Waals surface area contributed by atoms with Crippen molar-refractivity contribution in [1.82, 2.24) is 15.0 Å². The summed E-state index contributed by atoms with van der Waals surface area (Å²) in [5.74, 6) is 0.158. The van der Waals surface area contributed by atoms with Crippen molar-refractivity contribution in [3.05, 3.63) is 53.6 Å². The minimum Gasteiger partial charge on any atom is -0.482 e. The fourth-order valence-corrected chi connectivity index (χ4v) is 2.01. The van der Waals surface area contributed by atoms with Crippen molar-refractivity contribution < 1.29 is 9.53 Å². The quantitative estimate of drug-likeness (QED) is 0.743. The Morgan fingerprint density at radius 1 is 1.15 bits per heavy atom. The summed E-state index contributed by atoms with van der Waals surface area (Å²) >= 11 is 5.96. The molecule has 3 aromatic rings. The standard InChI is InChI=1S/C14H10ClN3O2/c15-10-5-1-4-8-13(10)20-9-14(19)18-12-7-3-2-6-11(12)16-17-18/h1-8H,9H2. The lowest BCUT2D eigenvalue weighted by molar-refractivity contribution is 0.0824. The number of rotatable bonds is 3. The number of para-hydroxylation sites is 2. The van der Waals surface area contributed by atoms with E-state index in [1.54, 1.807) is 36.4 Å². The van der Waals surface area contributed by atoms with E-state index in [0.29, 0.717) is 21.8 Å². The zero-order valence-corrected chi connectivity index (χ0v) is 11.1. The third-order valence-corrected chi connectivity index (χ3v) is 3.09. The summed E-state index contributed by atoms with van der Waals surface area (Å²) in [6.45, 7) is -0.156. The molecule has 0 aliphatic carbocycles. The van der Waals surface area contributed by atoms with Crippen molar-refractivity contribution in [1.29, 1.82) is 0 Å². The highest BCUT2D eigenvalue weighted by Crippen LogP contribution is 2.23. The van der Waals surface area contributed by atoms with Crippen LogP contribution in [-0.4, -0.2) is 27.5 Å². The molecule has 20 heavy (non-hydrogen) atoms. The largest absolute Gasteiger partial charge is 0.482 e. The number of aromatic nitrogens is 3. The SMILES string of the molecule is O=C(COc1ccccc1Cl)n1nnc2ccccc21. The average molecular weight is 288 g/mol. The second kappa shape index (κ2) is 5.30. The van der Waals surface area contributed by atoms with Crippen LogP contribution in [0.5, 0.6) is 5.75 Å². The fourth-order valence-electron chi connectivity index (χ4n) is 1.82. The predicted molar refractivity (Wildman–Crippen MR) is 75.1 cm³/mol. The van der Waals surface area contributed by atoms with Crippen LogP contribution < -0.4 is 4.74 Å².